The number of benzene rings is 1. The van der Waals surface area contributed by atoms with E-state index in [0.29, 0.717) is 4.47 Å². The number of rotatable bonds is 1. The van der Waals surface area contributed by atoms with E-state index in [4.69, 9.17) is 9.52 Å². The Labute approximate surface area is 85.5 Å². The smallest absolute Gasteiger partial charge is 0.417 e. The molecule has 0 aliphatic heterocycles. The van der Waals surface area contributed by atoms with Gasteiger partial charge in [0.15, 0.2) is 5.58 Å². The summed E-state index contributed by atoms with van der Waals surface area (Å²) < 4.78 is 5.31. The van der Waals surface area contributed by atoms with Crippen molar-refractivity contribution in [1.29, 1.82) is 0 Å². The molecule has 0 saturated heterocycles. The lowest BCUT2D eigenvalue weighted by atomic mass is 10.2. The Kier molecular flexibility index (Phi) is 1.92. The van der Waals surface area contributed by atoms with Gasteiger partial charge in [0.25, 0.3) is 0 Å². The zero-order valence-electron chi connectivity index (χ0n) is 6.70. The molecule has 0 bridgehead atoms. The van der Waals surface area contributed by atoms with Gasteiger partial charge in [-0.05, 0) is 28.1 Å². The van der Waals surface area contributed by atoms with E-state index in [1.807, 2.05) is 0 Å². The minimum atomic E-state index is -1.11. The van der Waals surface area contributed by atoms with Crippen LogP contribution in [0.25, 0.3) is 11.1 Å². The molecule has 0 radical (unpaired) electrons. The number of aromatic nitrogens is 1. The van der Waals surface area contributed by atoms with Gasteiger partial charge in [-0.25, -0.2) is 9.59 Å². The molecule has 5 nitrogen and oxygen atoms in total. The van der Waals surface area contributed by atoms with E-state index in [9.17, 15) is 9.59 Å². The van der Waals surface area contributed by atoms with E-state index < -0.39 is 11.7 Å². The van der Waals surface area contributed by atoms with Gasteiger partial charge in [0.05, 0.1) is 10.0 Å². The highest BCUT2D eigenvalue weighted by Gasteiger charge is 2.14. The molecule has 0 spiro atoms. The molecule has 1 aromatic heterocycles. The molecule has 0 atom stereocenters. The second kappa shape index (κ2) is 2.98. The monoisotopic (exact) mass is 257 g/mol. The molecule has 0 amide bonds. The summed E-state index contributed by atoms with van der Waals surface area (Å²) in [4.78, 5) is 24.0. The first-order valence-electron chi connectivity index (χ1n) is 3.64. The van der Waals surface area contributed by atoms with Crippen LogP contribution in [0.2, 0.25) is 0 Å². The molecule has 6 heteroatoms. The van der Waals surface area contributed by atoms with Crippen molar-refractivity contribution >= 4 is 33.0 Å². The number of carbonyl (C=O) groups is 1. The fourth-order valence-corrected chi connectivity index (χ4v) is 1.59. The Balaban J connectivity index is 2.94. The van der Waals surface area contributed by atoms with Gasteiger partial charge < -0.3 is 9.52 Å². The minimum absolute atomic E-state index is 0.00838. The van der Waals surface area contributed by atoms with Crippen molar-refractivity contribution in [2.45, 2.75) is 0 Å². The third kappa shape index (κ3) is 1.24. The average Bonchev–Trinajstić information content (AvgIpc) is 2.47. The lowest BCUT2D eigenvalue weighted by Crippen LogP contribution is -1.99. The first-order valence-corrected chi connectivity index (χ1v) is 4.43. The Hall–Kier alpha value is -1.56. The van der Waals surface area contributed by atoms with E-state index in [1.165, 1.54) is 12.1 Å². The molecule has 1 heterocycles. The van der Waals surface area contributed by atoms with Crippen molar-refractivity contribution in [3.8, 4) is 0 Å². The summed E-state index contributed by atoms with van der Waals surface area (Å²) >= 11 is 3.15. The zero-order valence-corrected chi connectivity index (χ0v) is 8.29. The molecule has 72 valence electrons. The van der Waals surface area contributed by atoms with E-state index in [1.54, 1.807) is 0 Å². The SMILES string of the molecule is O=C(O)c1ccc(Br)c2oc(=O)[nH]c12. The number of halogens is 1. The van der Waals surface area contributed by atoms with Gasteiger partial charge >= 0.3 is 11.7 Å². The summed E-state index contributed by atoms with van der Waals surface area (Å²) in [6.45, 7) is 0. The van der Waals surface area contributed by atoms with Crippen LogP contribution < -0.4 is 5.76 Å². The van der Waals surface area contributed by atoms with E-state index in [2.05, 4.69) is 20.9 Å². The molecule has 2 aromatic rings. The summed E-state index contributed by atoms with van der Waals surface area (Å²) in [6, 6.07) is 2.91. The second-order valence-electron chi connectivity index (χ2n) is 2.62. The van der Waals surface area contributed by atoms with Crippen LogP contribution >= 0.6 is 15.9 Å². The number of hydrogen-bond acceptors (Lipinski definition) is 3. The number of carboxylic acids is 1. The highest BCUT2D eigenvalue weighted by atomic mass is 79.9. The highest BCUT2D eigenvalue weighted by Crippen LogP contribution is 2.24. The average molecular weight is 258 g/mol. The molecular weight excluding hydrogens is 254 g/mol. The van der Waals surface area contributed by atoms with Gasteiger partial charge in [-0.1, -0.05) is 0 Å². The van der Waals surface area contributed by atoms with Crippen molar-refractivity contribution in [1.82, 2.24) is 4.98 Å². The third-order valence-electron chi connectivity index (χ3n) is 1.76. The van der Waals surface area contributed by atoms with Gasteiger partial charge in [0.2, 0.25) is 0 Å². The van der Waals surface area contributed by atoms with Crippen LogP contribution in [0, 0.1) is 0 Å². The predicted octanol–water partition coefficient (Wildman–Crippen LogP) is 1.58. The molecule has 2 rings (SSSR count). The fraction of sp³-hybridized carbons (Fsp3) is 0. The molecule has 0 aliphatic carbocycles. The van der Waals surface area contributed by atoms with Gasteiger partial charge in [-0.2, -0.15) is 0 Å². The standard InChI is InChI=1S/C8H4BrNO4/c9-4-2-1-3(7(11)12)5-6(4)14-8(13)10-5/h1-2H,(H,10,13)(H,11,12). The van der Waals surface area contributed by atoms with Crippen molar-refractivity contribution in [3.63, 3.8) is 0 Å². The van der Waals surface area contributed by atoms with Crippen LogP contribution in [0.5, 0.6) is 0 Å². The Morgan fingerprint density at radius 2 is 2.21 bits per heavy atom. The zero-order chi connectivity index (χ0) is 10.3. The van der Waals surface area contributed by atoms with Gasteiger partial charge in [0, 0.05) is 0 Å². The van der Waals surface area contributed by atoms with Crippen LogP contribution in [0.1, 0.15) is 10.4 Å². The quantitative estimate of drug-likeness (QED) is 0.813. The third-order valence-corrected chi connectivity index (χ3v) is 2.39. The number of aromatic carboxylic acids is 1. The summed E-state index contributed by atoms with van der Waals surface area (Å²) in [5.41, 5.74) is 0.417. The summed E-state index contributed by atoms with van der Waals surface area (Å²) in [7, 11) is 0. The minimum Gasteiger partial charge on any atom is -0.478 e. The van der Waals surface area contributed by atoms with Gasteiger partial charge in [0.1, 0.15) is 5.52 Å². The second-order valence-corrected chi connectivity index (χ2v) is 3.47. The van der Waals surface area contributed by atoms with E-state index in [-0.39, 0.29) is 16.7 Å². The van der Waals surface area contributed by atoms with Crippen molar-refractivity contribution in [2.24, 2.45) is 0 Å². The van der Waals surface area contributed by atoms with Crippen molar-refractivity contribution < 1.29 is 14.3 Å². The molecule has 0 unspecified atom stereocenters. The van der Waals surface area contributed by atoms with Crippen LogP contribution in [-0.4, -0.2) is 16.1 Å². The van der Waals surface area contributed by atoms with Gasteiger partial charge in [-0.3, -0.25) is 4.98 Å². The highest BCUT2D eigenvalue weighted by molar-refractivity contribution is 9.10. The first kappa shape index (κ1) is 9.01. The summed E-state index contributed by atoms with van der Waals surface area (Å²) in [5.74, 6) is -1.78. The van der Waals surface area contributed by atoms with Crippen LogP contribution in [0.15, 0.2) is 25.8 Å². The number of oxazole rings is 1. The Bertz CT molecular complexity index is 568. The number of hydrogen-bond donors (Lipinski definition) is 2. The van der Waals surface area contributed by atoms with Crippen LogP contribution in [-0.2, 0) is 0 Å². The predicted molar refractivity (Wildman–Crippen MR) is 51.5 cm³/mol. The summed E-state index contributed by atoms with van der Waals surface area (Å²) in [5, 5.41) is 8.80. The molecule has 14 heavy (non-hydrogen) atoms. The lowest BCUT2D eigenvalue weighted by Gasteiger charge is -1.96. The van der Waals surface area contributed by atoms with Crippen LogP contribution in [0.3, 0.4) is 0 Å². The van der Waals surface area contributed by atoms with E-state index >= 15 is 0 Å². The molecule has 1 aromatic carbocycles. The number of carboxylic acid groups (broad SMARTS) is 1. The number of aromatic amines is 1. The topological polar surface area (TPSA) is 83.3 Å². The number of H-pyrrole nitrogens is 1. The Morgan fingerprint density at radius 3 is 2.86 bits per heavy atom. The van der Waals surface area contributed by atoms with Crippen LogP contribution in [0.4, 0.5) is 0 Å². The molecule has 0 aliphatic rings. The normalized spacial score (nSPS) is 10.6. The number of fused-ring (bicyclic) bond motifs is 1. The summed E-state index contributed by atoms with van der Waals surface area (Å²) in [6.07, 6.45) is 0. The van der Waals surface area contributed by atoms with Gasteiger partial charge in [-0.15, -0.1) is 0 Å². The fourth-order valence-electron chi connectivity index (χ4n) is 1.18. The van der Waals surface area contributed by atoms with E-state index in [0.717, 1.165) is 0 Å². The maximum absolute atomic E-state index is 10.9. The molecular formula is C8H4BrNO4. The molecule has 0 saturated carbocycles. The maximum atomic E-state index is 10.9. The van der Waals surface area contributed by atoms with Crippen molar-refractivity contribution in [2.75, 3.05) is 0 Å². The molecule has 0 fully saturated rings. The maximum Gasteiger partial charge on any atom is 0.417 e. The molecule has 2 N–H and O–H groups in total. The largest absolute Gasteiger partial charge is 0.478 e. The lowest BCUT2D eigenvalue weighted by molar-refractivity contribution is 0.0699. The number of nitrogens with one attached hydrogen (secondary N) is 1. The Morgan fingerprint density at radius 1 is 1.50 bits per heavy atom. The van der Waals surface area contributed by atoms with Crippen molar-refractivity contribution in [3.05, 3.63) is 32.7 Å². The first-order chi connectivity index (χ1) is 6.59.